The Kier molecular flexibility index (Phi) is 4.82. The van der Waals surface area contributed by atoms with E-state index < -0.39 is 18.6 Å². The zero-order valence-corrected chi connectivity index (χ0v) is 11.7. The summed E-state index contributed by atoms with van der Waals surface area (Å²) in [6.07, 6.45) is -4.48. The minimum absolute atomic E-state index is 0.0770. The number of hydrogen-bond acceptors (Lipinski definition) is 3. The van der Waals surface area contributed by atoms with Crippen molar-refractivity contribution in [1.82, 2.24) is 4.90 Å². The summed E-state index contributed by atoms with van der Waals surface area (Å²) >= 11 is 5.47. The lowest BCUT2D eigenvalue weighted by atomic mass is 10.1. The van der Waals surface area contributed by atoms with Gasteiger partial charge in [-0.05, 0) is 18.2 Å². The van der Waals surface area contributed by atoms with E-state index in [2.05, 4.69) is 0 Å². The Balaban J connectivity index is 2.20. The van der Waals surface area contributed by atoms with E-state index in [1.54, 1.807) is 0 Å². The molecule has 116 valence electrons. The van der Waals surface area contributed by atoms with Gasteiger partial charge in [-0.15, -0.1) is 11.6 Å². The molecule has 1 aromatic rings. The van der Waals surface area contributed by atoms with Crippen LogP contribution in [0.1, 0.15) is 10.4 Å². The average molecular weight is 324 g/mol. The predicted molar refractivity (Wildman–Crippen MR) is 70.1 cm³/mol. The van der Waals surface area contributed by atoms with E-state index in [0.717, 1.165) is 0 Å². The van der Waals surface area contributed by atoms with Crippen LogP contribution in [0.2, 0.25) is 0 Å². The van der Waals surface area contributed by atoms with Gasteiger partial charge >= 0.3 is 6.18 Å². The van der Waals surface area contributed by atoms with Gasteiger partial charge in [0.1, 0.15) is 19.8 Å². The van der Waals surface area contributed by atoms with Crippen LogP contribution in [0, 0.1) is 0 Å². The normalized spacial score (nSPS) is 13.9. The van der Waals surface area contributed by atoms with Gasteiger partial charge < -0.3 is 14.4 Å². The summed E-state index contributed by atoms with van der Waals surface area (Å²) in [5.74, 6) is -0.000720. The summed E-state index contributed by atoms with van der Waals surface area (Å²) in [6, 6.07) is 4.30. The molecule has 0 saturated heterocycles. The molecule has 21 heavy (non-hydrogen) atoms. The smallest absolute Gasteiger partial charge is 0.406 e. The van der Waals surface area contributed by atoms with Gasteiger partial charge in [-0.1, -0.05) is 0 Å². The number of halogens is 4. The molecule has 0 aromatic heterocycles. The largest absolute Gasteiger partial charge is 0.486 e. The number of benzene rings is 1. The monoisotopic (exact) mass is 323 g/mol. The molecule has 0 bridgehead atoms. The summed E-state index contributed by atoms with van der Waals surface area (Å²) in [5, 5.41) is 0. The van der Waals surface area contributed by atoms with Crippen LogP contribution in [0.3, 0.4) is 0 Å². The molecule has 0 atom stereocenters. The lowest BCUT2D eigenvalue weighted by molar-refractivity contribution is -0.140. The molecule has 0 saturated carbocycles. The van der Waals surface area contributed by atoms with Crippen LogP contribution < -0.4 is 9.47 Å². The van der Waals surface area contributed by atoms with E-state index in [-0.39, 0.29) is 18.0 Å². The molecule has 0 radical (unpaired) electrons. The molecule has 1 heterocycles. The van der Waals surface area contributed by atoms with Crippen molar-refractivity contribution < 1.29 is 27.4 Å². The molecule has 0 unspecified atom stereocenters. The Morgan fingerprint density at radius 1 is 1.24 bits per heavy atom. The molecule has 0 fully saturated rings. The molecule has 0 spiro atoms. The molecule has 1 aliphatic rings. The Morgan fingerprint density at radius 3 is 2.52 bits per heavy atom. The highest BCUT2D eigenvalue weighted by Crippen LogP contribution is 2.31. The Morgan fingerprint density at radius 2 is 1.90 bits per heavy atom. The number of ether oxygens (including phenoxy) is 2. The molecule has 0 aliphatic carbocycles. The quantitative estimate of drug-likeness (QED) is 0.800. The number of nitrogens with zero attached hydrogens (tertiary/aromatic N) is 1. The first-order valence-corrected chi connectivity index (χ1v) is 6.76. The van der Waals surface area contributed by atoms with Gasteiger partial charge in [-0.3, -0.25) is 4.79 Å². The number of hydrogen-bond donors (Lipinski definition) is 0. The van der Waals surface area contributed by atoms with Crippen molar-refractivity contribution in [2.75, 3.05) is 32.2 Å². The number of carbonyl (C=O) groups is 1. The second-order valence-corrected chi connectivity index (χ2v) is 4.77. The fourth-order valence-corrected chi connectivity index (χ4v) is 2.13. The van der Waals surface area contributed by atoms with Gasteiger partial charge in [0.05, 0.1) is 0 Å². The molecule has 8 heteroatoms. The maximum atomic E-state index is 12.5. The highest BCUT2D eigenvalue weighted by atomic mass is 35.5. The number of fused-ring (bicyclic) bond motifs is 1. The van der Waals surface area contributed by atoms with E-state index in [9.17, 15) is 18.0 Å². The van der Waals surface area contributed by atoms with E-state index in [1.807, 2.05) is 0 Å². The summed E-state index contributed by atoms with van der Waals surface area (Å²) < 4.78 is 48.1. The fraction of sp³-hybridized carbons (Fsp3) is 0.462. The zero-order valence-electron chi connectivity index (χ0n) is 11.0. The van der Waals surface area contributed by atoms with Crippen LogP contribution in [0.25, 0.3) is 0 Å². The first kappa shape index (κ1) is 15.8. The molecule has 4 nitrogen and oxygen atoms in total. The standard InChI is InChI=1S/C13H13ClF3NO3/c14-3-4-18(8-13(15,16)17)12(19)9-1-2-10-11(7-9)21-6-5-20-10/h1-2,7H,3-6,8H2. The Hall–Kier alpha value is -1.63. The molecular weight excluding hydrogens is 311 g/mol. The number of carbonyl (C=O) groups excluding carboxylic acids is 1. The van der Waals surface area contributed by atoms with Gasteiger partial charge in [-0.25, -0.2) is 0 Å². The Bertz CT molecular complexity index is 522. The van der Waals surface area contributed by atoms with Crippen molar-refractivity contribution in [1.29, 1.82) is 0 Å². The first-order chi connectivity index (χ1) is 9.90. The van der Waals surface area contributed by atoms with Crippen LogP contribution >= 0.6 is 11.6 Å². The number of alkyl halides is 4. The van der Waals surface area contributed by atoms with Crippen LogP contribution in [0.15, 0.2) is 18.2 Å². The maximum absolute atomic E-state index is 12.5. The van der Waals surface area contributed by atoms with Gasteiger partial charge in [0.2, 0.25) is 0 Å². The molecule has 0 N–H and O–H groups in total. The van der Waals surface area contributed by atoms with Crippen LogP contribution in [-0.4, -0.2) is 49.2 Å². The second-order valence-electron chi connectivity index (χ2n) is 4.39. The average Bonchev–Trinajstić information content (AvgIpc) is 2.44. The van der Waals surface area contributed by atoms with Crippen molar-refractivity contribution in [3.05, 3.63) is 23.8 Å². The van der Waals surface area contributed by atoms with Gasteiger partial charge in [0, 0.05) is 18.0 Å². The third kappa shape index (κ3) is 4.17. The van der Waals surface area contributed by atoms with Crippen LogP contribution in [-0.2, 0) is 0 Å². The van der Waals surface area contributed by atoms with E-state index in [1.165, 1.54) is 18.2 Å². The highest BCUT2D eigenvalue weighted by molar-refractivity contribution is 6.18. The van der Waals surface area contributed by atoms with E-state index >= 15 is 0 Å². The SMILES string of the molecule is O=C(c1ccc2c(c1)OCCO2)N(CCCl)CC(F)(F)F. The van der Waals surface area contributed by atoms with Crippen molar-refractivity contribution in [3.63, 3.8) is 0 Å². The lowest BCUT2D eigenvalue weighted by Crippen LogP contribution is -2.40. The lowest BCUT2D eigenvalue weighted by Gasteiger charge is -2.24. The van der Waals surface area contributed by atoms with Gasteiger partial charge in [0.25, 0.3) is 5.91 Å². The van der Waals surface area contributed by atoms with Crippen molar-refractivity contribution >= 4 is 17.5 Å². The fourth-order valence-electron chi connectivity index (χ4n) is 1.93. The molecule has 1 amide bonds. The predicted octanol–water partition coefficient (Wildman–Crippen LogP) is 2.70. The maximum Gasteiger partial charge on any atom is 0.406 e. The number of rotatable bonds is 4. The topological polar surface area (TPSA) is 38.8 Å². The molecule has 1 aliphatic heterocycles. The highest BCUT2D eigenvalue weighted by Gasteiger charge is 2.33. The number of amides is 1. The molecule has 2 rings (SSSR count). The van der Waals surface area contributed by atoms with Crippen molar-refractivity contribution in [3.8, 4) is 11.5 Å². The van der Waals surface area contributed by atoms with Gasteiger partial charge in [-0.2, -0.15) is 13.2 Å². The van der Waals surface area contributed by atoms with Crippen LogP contribution in [0.5, 0.6) is 11.5 Å². The first-order valence-electron chi connectivity index (χ1n) is 6.22. The minimum Gasteiger partial charge on any atom is -0.486 e. The van der Waals surface area contributed by atoms with Crippen molar-refractivity contribution in [2.45, 2.75) is 6.18 Å². The molecular formula is C13H13ClF3NO3. The molecule has 1 aromatic carbocycles. The third-order valence-electron chi connectivity index (χ3n) is 2.80. The van der Waals surface area contributed by atoms with Gasteiger partial charge in [0.15, 0.2) is 11.5 Å². The second kappa shape index (κ2) is 6.43. The van der Waals surface area contributed by atoms with Crippen molar-refractivity contribution in [2.24, 2.45) is 0 Å². The Labute approximate surface area is 124 Å². The zero-order chi connectivity index (χ0) is 15.5. The summed E-state index contributed by atoms with van der Waals surface area (Å²) in [4.78, 5) is 12.8. The third-order valence-corrected chi connectivity index (χ3v) is 2.97. The van der Waals surface area contributed by atoms with Crippen LogP contribution in [0.4, 0.5) is 13.2 Å². The minimum atomic E-state index is -4.48. The van der Waals surface area contributed by atoms with E-state index in [4.69, 9.17) is 21.1 Å². The van der Waals surface area contributed by atoms with E-state index in [0.29, 0.717) is 29.6 Å². The summed E-state index contributed by atoms with van der Waals surface area (Å²) in [7, 11) is 0. The summed E-state index contributed by atoms with van der Waals surface area (Å²) in [6.45, 7) is -0.799. The summed E-state index contributed by atoms with van der Waals surface area (Å²) in [5.41, 5.74) is 0.105.